The second-order valence-corrected chi connectivity index (χ2v) is 4.60. The van der Waals surface area contributed by atoms with E-state index in [0.717, 1.165) is 19.6 Å². The first kappa shape index (κ1) is 9.87. The predicted octanol–water partition coefficient (Wildman–Crippen LogP) is 1.59. The van der Waals surface area contributed by atoms with Gasteiger partial charge in [-0.1, -0.05) is 18.2 Å². The van der Waals surface area contributed by atoms with E-state index >= 15 is 0 Å². The third-order valence-electron chi connectivity index (χ3n) is 3.36. The standard InChI is InChI=1S/C13H16N2O/c16-9-10-6-15(7-10)8-12-3-1-2-11-4-5-14-13(11)12/h1-5,10,14,16H,6-9H2. The lowest BCUT2D eigenvalue weighted by Crippen LogP contribution is -2.47. The quantitative estimate of drug-likeness (QED) is 0.818. The van der Waals surface area contributed by atoms with Crippen molar-refractivity contribution in [2.75, 3.05) is 19.7 Å². The Morgan fingerprint density at radius 3 is 3.00 bits per heavy atom. The van der Waals surface area contributed by atoms with Gasteiger partial charge in [-0.15, -0.1) is 0 Å². The number of aromatic amines is 1. The number of aromatic nitrogens is 1. The maximum absolute atomic E-state index is 8.98. The number of hydrogen-bond donors (Lipinski definition) is 2. The van der Waals surface area contributed by atoms with Gasteiger partial charge in [0.25, 0.3) is 0 Å². The second-order valence-electron chi connectivity index (χ2n) is 4.60. The van der Waals surface area contributed by atoms with E-state index in [2.05, 4.69) is 34.1 Å². The van der Waals surface area contributed by atoms with Gasteiger partial charge >= 0.3 is 0 Å². The van der Waals surface area contributed by atoms with Gasteiger partial charge in [-0.2, -0.15) is 0 Å². The molecule has 16 heavy (non-hydrogen) atoms. The molecule has 1 saturated heterocycles. The maximum Gasteiger partial charge on any atom is 0.0499 e. The van der Waals surface area contributed by atoms with Crippen molar-refractivity contribution in [3.8, 4) is 0 Å². The molecule has 1 aromatic carbocycles. The molecule has 0 aliphatic carbocycles. The third-order valence-corrected chi connectivity index (χ3v) is 3.36. The molecule has 3 heteroatoms. The molecule has 2 aromatic rings. The third kappa shape index (κ3) is 1.62. The average molecular weight is 216 g/mol. The molecule has 0 bridgehead atoms. The number of nitrogens with one attached hydrogen (secondary N) is 1. The smallest absolute Gasteiger partial charge is 0.0499 e. The first-order valence-electron chi connectivity index (χ1n) is 5.75. The predicted molar refractivity (Wildman–Crippen MR) is 64.2 cm³/mol. The molecule has 1 fully saturated rings. The SMILES string of the molecule is OCC1CN(Cc2cccc3cc[nH]c23)C1. The number of nitrogens with zero attached hydrogens (tertiary/aromatic N) is 1. The minimum atomic E-state index is 0.323. The van der Waals surface area contributed by atoms with Crippen LogP contribution in [0.5, 0.6) is 0 Å². The molecule has 1 aromatic heterocycles. The van der Waals surface area contributed by atoms with Crippen molar-refractivity contribution in [3.63, 3.8) is 0 Å². The van der Waals surface area contributed by atoms with Crippen LogP contribution in [0.3, 0.4) is 0 Å². The van der Waals surface area contributed by atoms with Gasteiger partial charge in [-0.25, -0.2) is 0 Å². The van der Waals surface area contributed by atoms with Crippen molar-refractivity contribution in [2.45, 2.75) is 6.54 Å². The Balaban J connectivity index is 1.77. The van der Waals surface area contributed by atoms with Gasteiger partial charge in [0.2, 0.25) is 0 Å². The largest absolute Gasteiger partial charge is 0.396 e. The number of aliphatic hydroxyl groups is 1. The van der Waals surface area contributed by atoms with Crippen molar-refractivity contribution in [3.05, 3.63) is 36.0 Å². The van der Waals surface area contributed by atoms with Crippen LogP contribution in [0.4, 0.5) is 0 Å². The van der Waals surface area contributed by atoms with E-state index in [1.807, 2.05) is 6.20 Å². The van der Waals surface area contributed by atoms with Crippen LogP contribution in [-0.2, 0) is 6.54 Å². The lowest BCUT2D eigenvalue weighted by atomic mass is 10.00. The number of H-pyrrole nitrogens is 1. The molecule has 2 N–H and O–H groups in total. The van der Waals surface area contributed by atoms with Gasteiger partial charge in [0.05, 0.1) is 0 Å². The van der Waals surface area contributed by atoms with E-state index < -0.39 is 0 Å². The van der Waals surface area contributed by atoms with Crippen LogP contribution in [-0.4, -0.2) is 34.7 Å². The first-order valence-corrected chi connectivity index (χ1v) is 5.75. The van der Waals surface area contributed by atoms with Crippen molar-refractivity contribution in [1.29, 1.82) is 0 Å². The van der Waals surface area contributed by atoms with Crippen molar-refractivity contribution in [2.24, 2.45) is 5.92 Å². The number of fused-ring (bicyclic) bond motifs is 1. The Hall–Kier alpha value is -1.32. The Labute approximate surface area is 94.7 Å². The lowest BCUT2D eigenvalue weighted by molar-refractivity contribution is 0.0482. The highest BCUT2D eigenvalue weighted by Crippen LogP contribution is 2.22. The summed E-state index contributed by atoms with van der Waals surface area (Å²) in [6.45, 7) is 3.35. The molecule has 1 aliphatic rings. The topological polar surface area (TPSA) is 39.3 Å². The zero-order valence-corrected chi connectivity index (χ0v) is 9.19. The summed E-state index contributed by atoms with van der Waals surface area (Å²) in [7, 11) is 0. The van der Waals surface area contributed by atoms with E-state index in [1.165, 1.54) is 16.5 Å². The Bertz CT molecular complexity index is 485. The molecule has 84 valence electrons. The fraction of sp³-hybridized carbons (Fsp3) is 0.385. The van der Waals surface area contributed by atoms with Gasteiger partial charge in [0.1, 0.15) is 0 Å². The fourth-order valence-corrected chi connectivity index (χ4v) is 2.44. The van der Waals surface area contributed by atoms with Crippen LogP contribution >= 0.6 is 0 Å². The number of likely N-dealkylation sites (tertiary alicyclic amines) is 1. The minimum absolute atomic E-state index is 0.323. The number of rotatable bonds is 3. The molecule has 3 nitrogen and oxygen atoms in total. The Morgan fingerprint density at radius 2 is 2.19 bits per heavy atom. The minimum Gasteiger partial charge on any atom is -0.396 e. The van der Waals surface area contributed by atoms with Gasteiger partial charge < -0.3 is 10.1 Å². The molecular weight excluding hydrogens is 200 g/mol. The summed E-state index contributed by atoms with van der Waals surface area (Å²) in [6, 6.07) is 8.51. The molecular formula is C13H16N2O. The van der Waals surface area contributed by atoms with Crippen LogP contribution in [0, 0.1) is 5.92 Å². The van der Waals surface area contributed by atoms with Crippen LogP contribution in [0.25, 0.3) is 10.9 Å². The van der Waals surface area contributed by atoms with Crippen molar-refractivity contribution < 1.29 is 5.11 Å². The molecule has 1 aliphatic heterocycles. The van der Waals surface area contributed by atoms with Gasteiger partial charge in [0, 0.05) is 43.9 Å². The van der Waals surface area contributed by atoms with Crippen LogP contribution in [0.15, 0.2) is 30.5 Å². The summed E-state index contributed by atoms with van der Waals surface area (Å²) < 4.78 is 0. The van der Waals surface area contributed by atoms with E-state index in [4.69, 9.17) is 5.11 Å². The summed E-state index contributed by atoms with van der Waals surface area (Å²) in [5.41, 5.74) is 2.59. The summed E-state index contributed by atoms with van der Waals surface area (Å²) in [6.07, 6.45) is 1.99. The van der Waals surface area contributed by atoms with Crippen LogP contribution in [0.1, 0.15) is 5.56 Å². The first-order chi connectivity index (χ1) is 7.86. The monoisotopic (exact) mass is 216 g/mol. The van der Waals surface area contributed by atoms with E-state index in [9.17, 15) is 0 Å². The number of para-hydroxylation sites is 1. The van der Waals surface area contributed by atoms with Crippen molar-refractivity contribution >= 4 is 10.9 Å². The van der Waals surface area contributed by atoms with Gasteiger partial charge in [-0.3, -0.25) is 4.90 Å². The van der Waals surface area contributed by atoms with Crippen LogP contribution < -0.4 is 0 Å². The normalized spacial score (nSPS) is 17.8. The average Bonchev–Trinajstić information content (AvgIpc) is 2.71. The van der Waals surface area contributed by atoms with Crippen molar-refractivity contribution in [1.82, 2.24) is 9.88 Å². The molecule has 2 heterocycles. The highest BCUT2D eigenvalue weighted by atomic mass is 16.3. The number of hydrogen-bond acceptors (Lipinski definition) is 2. The molecule has 0 radical (unpaired) electrons. The summed E-state index contributed by atoms with van der Waals surface area (Å²) in [5, 5.41) is 10.3. The number of aliphatic hydroxyl groups excluding tert-OH is 1. The zero-order valence-electron chi connectivity index (χ0n) is 9.19. The molecule has 3 rings (SSSR count). The molecule has 0 unspecified atom stereocenters. The summed E-state index contributed by atoms with van der Waals surface area (Å²) in [4.78, 5) is 5.66. The highest BCUT2D eigenvalue weighted by molar-refractivity contribution is 5.82. The molecule has 0 spiro atoms. The highest BCUT2D eigenvalue weighted by Gasteiger charge is 2.25. The van der Waals surface area contributed by atoms with E-state index in [-0.39, 0.29) is 0 Å². The van der Waals surface area contributed by atoms with E-state index in [1.54, 1.807) is 0 Å². The summed E-state index contributed by atoms with van der Waals surface area (Å²) in [5.74, 6) is 0.489. The second kappa shape index (κ2) is 3.92. The maximum atomic E-state index is 8.98. The van der Waals surface area contributed by atoms with Crippen LogP contribution in [0.2, 0.25) is 0 Å². The lowest BCUT2D eigenvalue weighted by Gasteiger charge is -2.38. The van der Waals surface area contributed by atoms with Gasteiger partial charge in [-0.05, 0) is 17.0 Å². The fourth-order valence-electron chi connectivity index (χ4n) is 2.44. The summed E-state index contributed by atoms with van der Waals surface area (Å²) >= 11 is 0. The molecule has 0 atom stereocenters. The molecule has 0 amide bonds. The zero-order chi connectivity index (χ0) is 11.0. The van der Waals surface area contributed by atoms with Gasteiger partial charge in [0.15, 0.2) is 0 Å². The Kier molecular flexibility index (Phi) is 2.42. The number of benzene rings is 1. The molecule has 0 saturated carbocycles. The van der Waals surface area contributed by atoms with E-state index in [0.29, 0.717) is 12.5 Å². The Morgan fingerprint density at radius 1 is 1.31 bits per heavy atom.